The molecule has 0 aliphatic carbocycles. The predicted molar refractivity (Wildman–Crippen MR) is 104 cm³/mol. The Morgan fingerprint density at radius 2 is 1.90 bits per heavy atom. The zero-order valence-corrected chi connectivity index (χ0v) is 16.3. The van der Waals surface area contributed by atoms with Gasteiger partial charge in [0.15, 0.2) is 0 Å². The summed E-state index contributed by atoms with van der Waals surface area (Å²) in [5.41, 5.74) is 1.95. The molecule has 0 radical (unpaired) electrons. The molecule has 0 saturated carbocycles. The summed E-state index contributed by atoms with van der Waals surface area (Å²) >= 11 is 0. The molecule has 0 spiro atoms. The maximum absolute atomic E-state index is 13.1. The van der Waals surface area contributed by atoms with Crippen molar-refractivity contribution in [1.82, 2.24) is 20.0 Å². The van der Waals surface area contributed by atoms with Crippen molar-refractivity contribution in [1.29, 1.82) is 0 Å². The van der Waals surface area contributed by atoms with Gasteiger partial charge in [0.2, 0.25) is 5.91 Å². The highest BCUT2D eigenvalue weighted by Gasteiger charge is 2.30. The first-order chi connectivity index (χ1) is 14.1. The lowest BCUT2D eigenvalue weighted by molar-refractivity contribution is -0.134. The van der Waals surface area contributed by atoms with Gasteiger partial charge in [-0.3, -0.25) is 14.7 Å². The summed E-state index contributed by atoms with van der Waals surface area (Å²) in [6.07, 6.45) is 3.00. The molecule has 29 heavy (non-hydrogen) atoms. The molecule has 2 aliphatic rings. The molecule has 7 nitrogen and oxygen atoms in total. The monoisotopic (exact) mass is 400 g/mol. The molecular weight excluding hydrogens is 375 g/mol. The van der Waals surface area contributed by atoms with Gasteiger partial charge in [-0.05, 0) is 43.0 Å². The fourth-order valence-corrected chi connectivity index (χ4v) is 3.98. The number of piperidine rings is 1. The third-order valence-corrected chi connectivity index (χ3v) is 5.57. The van der Waals surface area contributed by atoms with Crippen molar-refractivity contribution in [2.24, 2.45) is 0 Å². The van der Waals surface area contributed by atoms with E-state index in [0.29, 0.717) is 38.5 Å². The number of carbonyl (C=O) groups is 2. The van der Waals surface area contributed by atoms with Crippen LogP contribution in [0.15, 0.2) is 30.3 Å². The quantitative estimate of drug-likeness (QED) is 0.854. The van der Waals surface area contributed by atoms with Crippen LogP contribution in [0.5, 0.6) is 0 Å². The van der Waals surface area contributed by atoms with Gasteiger partial charge in [0, 0.05) is 19.6 Å². The van der Waals surface area contributed by atoms with Gasteiger partial charge in [-0.15, -0.1) is 0 Å². The second kappa shape index (κ2) is 8.73. The van der Waals surface area contributed by atoms with Gasteiger partial charge in [-0.2, -0.15) is 5.10 Å². The summed E-state index contributed by atoms with van der Waals surface area (Å²) in [6, 6.07) is 7.66. The van der Waals surface area contributed by atoms with Gasteiger partial charge >= 0.3 is 0 Å². The molecule has 1 atom stereocenters. The highest BCUT2D eigenvalue weighted by Crippen LogP contribution is 2.31. The zero-order valence-electron chi connectivity index (χ0n) is 16.3. The number of hydrogen-bond acceptors (Lipinski definition) is 4. The minimum Gasteiger partial charge on any atom is -0.378 e. The van der Waals surface area contributed by atoms with Gasteiger partial charge in [0.1, 0.15) is 11.5 Å². The Kier molecular flexibility index (Phi) is 5.89. The Morgan fingerprint density at radius 1 is 1.14 bits per heavy atom. The summed E-state index contributed by atoms with van der Waals surface area (Å²) in [7, 11) is 0. The molecule has 8 heteroatoms. The second-order valence-electron chi connectivity index (χ2n) is 7.52. The fourth-order valence-electron chi connectivity index (χ4n) is 3.98. The number of nitrogens with one attached hydrogen (secondary N) is 1. The van der Waals surface area contributed by atoms with Crippen LogP contribution in [0.25, 0.3) is 0 Å². The zero-order chi connectivity index (χ0) is 20.2. The number of likely N-dealkylation sites (tertiary alicyclic amines) is 1. The molecular formula is C21H25FN4O3. The van der Waals surface area contributed by atoms with Gasteiger partial charge in [-0.1, -0.05) is 12.1 Å². The molecule has 4 rings (SSSR count). The molecule has 0 unspecified atom stereocenters. The SMILES string of the molecule is O=C(c1cc([C@H]2CCCCN2C(=O)Cc2ccc(F)cc2)[nH]n1)N1CCOCC1. The summed E-state index contributed by atoms with van der Waals surface area (Å²) < 4.78 is 18.4. The van der Waals surface area contributed by atoms with E-state index in [-0.39, 0.29) is 30.1 Å². The first kappa shape index (κ1) is 19.6. The van der Waals surface area contributed by atoms with E-state index in [9.17, 15) is 14.0 Å². The van der Waals surface area contributed by atoms with Crippen LogP contribution in [0.1, 0.15) is 47.1 Å². The number of rotatable bonds is 4. The molecule has 3 heterocycles. The number of morpholine rings is 1. The van der Waals surface area contributed by atoms with Crippen molar-refractivity contribution in [2.45, 2.75) is 31.7 Å². The Morgan fingerprint density at radius 3 is 2.66 bits per heavy atom. The average molecular weight is 400 g/mol. The molecule has 1 N–H and O–H groups in total. The predicted octanol–water partition coefficient (Wildman–Crippen LogP) is 2.32. The largest absolute Gasteiger partial charge is 0.378 e. The molecule has 1 aromatic heterocycles. The normalized spacial score (nSPS) is 20.0. The minimum atomic E-state index is -0.313. The van der Waals surface area contributed by atoms with Crippen molar-refractivity contribution >= 4 is 11.8 Å². The van der Waals surface area contributed by atoms with E-state index in [1.165, 1.54) is 12.1 Å². The van der Waals surface area contributed by atoms with Crippen molar-refractivity contribution < 1.29 is 18.7 Å². The van der Waals surface area contributed by atoms with E-state index >= 15 is 0 Å². The first-order valence-electron chi connectivity index (χ1n) is 10.1. The van der Waals surface area contributed by atoms with Crippen LogP contribution in [-0.2, 0) is 16.0 Å². The van der Waals surface area contributed by atoms with Gasteiger partial charge in [-0.25, -0.2) is 4.39 Å². The number of aromatic nitrogens is 2. The second-order valence-corrected chi connectivity index (χ2v) is 7.52. The van der Waals surface area contributed by atoms with E-state index in [0.717, 1.165) is 30.5 Å². The standard InChI is InChI=1S/C21H25FN4O3/c22-16-6-4-15(5-7-16)13-20(27)26-8-2-1-3-19(26)17-14-18(24-23-17)21(28)25-9-11-29-12-10-25/h4-7,14,19H,1-3,8-13H2,(H,23,24)/t19-/m1/s1. The number of H-pyrrole nitrogens is 1. The Hall–Kier alpha value is -2.74. The summed E-state index contributed by atoms with van der Waals surface area (Å²) in [5, 5.41) is 7.20. The highest BCUT2D eigenvalue weighted by atomic mass is 19.1. The molecule has 1 aromatic carbocycles. The van der Waals surface area contributed by atoms with Crippen molar-refractivity contribution in [3.8, 4) is 0 Å². The average Bonchev–Trinajstić information content (AvgIpc) is 3.25. The molecule has 0 bridgehead atoms. The third kappa shape index (κ3) is 4.48. The number of amides is 2. The van der Waals surface area contributed by atoms with E-state index < -0.39 is 0 Å². The lowest BCUT2D eigenvalue weighted by Gasteiger charge is -2.35. The smallest absolute Gasteiger partial charge is 0.274 e. The van der Waals surface area contributed by atoms with Crippen molar-refractivity contribution in [3.63, 3.8) is 0 Å². The van der Waals surface area contributed by atoms with Crippen LogP contribution in [0.4, 0.5) is 4.39 Å². The Balaban J connectivity index is 1.47. The number of halogens is 1. The van der Waals surface area contributed by atoms with E-state index in [4.69, 9.17) is 4.74 Å². The maximum atomic E-state index is 13.1. The van der Waals surface area contributed by atoms with Crippen LogP contribution < -0.4 is 0 Å². The van der Waals surface area contributed by atoms with Crippen LogP contribution in [0.2, 0.25) is 0 Å². The molecule has 2 aliphatic heterocycles. The van der Waals surface area contributed by atoms with Crippen LogP contribution in [0.3, 0.4) is 0 Å². The molecule has 154 valence electrons. The van der Waals surface area contributed by atoms with E-state index in [1.54, 1.807) is 23.1 Å². The van der Waals surface area contributed by atoms with Gasteiger partial charge in [0.25, 0.3) is 5.91 Å². The Labute approximate surface area is 168 Å². The lowest BCUT2D eigenvalue weighted by atomic mass is 9.98. The molecule has 2 saturated heterocycles. The number of ether oxygens (including phenoxy) is 1. The molecule has 2 aromatic rings. The third-order valence-electron chi connectivity index (χ3n) is 5.57. The molecule has 2 amide bonds. The lowest BCUT2D eigenvalue weighted by Crippen LogP contribution is -2.41. The number of benzene rings is 1. The minimum absolute atomic E-state index is 0.00281. The van der Waals surface area contributed by atoms with E-state index in [1.807, 2.05) is 4.90 Å². The van der Waals surface area contributed by atoms with Crippen LogP contribution in [-0.4, -0.2) is 64.7 Å². The number of aromatic amines is 1. The summed E-state index contributed by atoms with van der Waals surface area (Å²) in [5.74, 6) is -0.431. The highest BCUT2D eigenvalue weighted by molar-refractivity contribution is 5.92. The van der Waals surface area contributed by atoms with Gasteiger partial charge in [0.05, 0.1) is 31.4 Å². The Bertz CT molecular complexity index is 861. The fraction of sp³-hybridized carbons (Fsp3) is 0.476. The van der Waals surface area contributed by atoms with E-state index in [2.05, 4.69) is 10.2 Å². The summed E-state index contributed by atoms with van der Waals surface area (Å²) in [4.78, 5) is 29.2. The van der Waals surface area contributed by atoms with Crippen molar-refractivity contribution in [2.75, 3.05) is 32.8 Å². The summed E-state index contributed by atoms with van der Waals surface area (Å²) in [6.45, 7) is 2.87. The topological polar surface area (TPSA) is 78.5 Å². The number of carbonyl (C=O) groups excluding carboxylic acids is 2. The maximum Gasteiger partial charge on any atom is 0.274 e. The molecule has 2 fully saturated rings. The van der Waals surface area contributed by atoms with Gasteiger partial charge < -0.3 is 14.5 Å². The first-order valence-corrected chi connectivity index (χ1v) is 10.1. The van der Waals surface area contributed by atoms with Crippen molar-refractivity contribution in [3.05, 3.63) is 53.1 Å². The number of hydrogen-bond donors (Lipinski definition) is 1. The number of nitrogens with zero attached hydrogens (tertiary/aromatic N) is 3. The van der Waals surface area contributed by atoms with Crippen LogP contribution in [0, 0.1) is 5.82 Å². The van der Waals surface area contributed by atoms with Crippen LogP contribution >= 0.6 is 0 Å².